The summed E-state index contributed by atoms with van der Waals surface area (Å²) >= 11 is 0. The molecule has 0 heterocycles. The lowest BCUT2D eigenvalue weighted by atomic mass is 10.0. The van der Waals surface area contributed by atoms with Gasteiger partial charge >= 0.3 is 0 Å². The molecule has 9 heteroatoms. The van der Waals surface area contributed by atoms with Crippen LogP contribution in [0.1, 0.15) is 0 Å². The van der Waals surface area contributed by atoms with E-state index < -0.39 is 49.3 Å². The Morgan fingerprint density at radius 1 is 0.909 bits per heavy atom. The van der Waals surface area contributed by atoms with Gasteiger partial charge in [0.25, 0.3) is 16.1 Å². The molecule has 0 saturated heterocycles. The van der Waals surface area contributed by atoms with Crippen LogP contribution in [-0.4, -0.2) is 14.5 Å². The van der Waals surface area contributed by atoms with Crippen LogP contribution in [0, 0.1) is 23.3 Å². The van der Waals surface area contributed by atoms with E-state index >= 15 is 0 Å². The molecule has 0 saturated carbocycles. The molecule has 0 atom stereocenters. The fourth-order valence-corrected chi connectivity index (χ4v) is 2.51. The second-order valence-corrected chi connectivity index (χ2v) is 5.59. The van der Waals surface area contributed by atoms with E-state index in [0.717, 1.165) is 12.1 Å². The maximum absolute atomic E-state index is 14.2. The molecule has 0 spiro atoms. The summed E-state index contributed by atoms with van der Waals surface area (Å²) in [4.78, 5) is 8.96. The smallest absolute Gasteiger partial charge is 0.210 e. The number of benzene rings is 2. The number of hydrogen-bond donors (Lipinski definition) is 0. The van der Waals surface area contributed by atoms with Crippen molar-refractivity contribution in [1.82, 2.24) is 0 Å². The zero-order valence-electron chi connectivity index (χ0n) is 10.5. The predicted octanol–water partition coefficient (Wildman–Crippen LogP) is 2.93. The Kier molecular flexibility index (Phi) is 4.11. The van der Waals surface area contributed by atoms with E-state index in [0.29, 0.717) is 24.3 Å². The minimum absolute atomic E-state index is 0.416. The molecule has 0 bridgehead atoms. The van der Waals surface area contributed by atoms with E-state index in [-0.39, 0.29) is 0 Å². The third-order valence-corrected chi connectivity index (χ3v) is 3.89. The largest absolute Gasteiger partial charge is 0.295 e. The maximum atomic E-state index is 14.2. The molecule has 0 amide bonds. The summed E-state index contributed by atoms with van der Waals surface area (Å²) in [6, 6.07) is 3.18. The van der Waals surface area contributed by atoms with Gasteiger partial charge in [0.05, 0.1) is 5.56 Å². The highest BCUT2D eigenvalue weighted by Crippen LogP contribution is 2.31. The molecule has 2 rings (SSSR count). The molecule has 0 N–H and O–H groups in total. The maximum Gasteiger partial charge on any atom is 0.295 e. The molecule has 0 aliphatic heterocycles. The Hall–Kier alpha value is -2.51. The van der Waals surface area contributed by atoms with Gasteiger partial charge in [-0.25, -0.2) is 22.4 Å². The van der Waals surface area contributed by atoms with Crippen LogP contribution in [0.2, 0.25) is 0 Å². The summed E-state index contributed by atoms with van der Waals surface area (Å²) in [7, 11) is -4.71. The van der Waals surface area contributed by atoms with Gasteiger partial charge in [-0.2, -0.15) is 8.42 Å². The highest BCUT2D eigenvalue weighted by Gasteiger charge is 2.24. The molecule has 0 aliphatic carbocycles. The highest BCUT2D eigenvalue weighted by molar-refractivity contribution is 7.90. The van der Waals surface area contributed by atoms with Crippen LogP contribution in [0.3, 0.4) is 0 Å². The fraction of sp³-hybridized carbons (Fsp3) is 0. The molecule has 4 nitrogen and oxygen atoms in total. The summed E-state index contributed by atoms with van der Waals surface area (Å²) in [6.45, 7) is 0. The minimum Gasteiger partial charge on any atom is -0.210 e. The molecule has 0 unspecified atom stereocenters. The molecule has 2 aromatic rings. The zero-order valence-corrected chi connectivity index (χ0v) is 11.3. The van der Waals surface area contributed by atoms with Crippen molar-refractivity contribution in [3.05, 3.63) is 53.6 Å². The lowest BCUT2D eigenvalue weighted by Crippen LogP contribution is -2.03. The standard InChI is InChI=1S/C13H5F4NO3S/c14-8-2-1-7(5-10(8)16)12-9(15)3-4-11(13(12)17)22(20,21)18-6-19/h1-5H. The fourth-order valence-electron chi connectivity index (χ4n) is 1.75. The van der Waals surface area contributed by atoms with Crippen LogP contribution in [0.5, 0.6) is 0 Å². The summed E-state index contributed by atoms with van der Waals surface area (Å²) in [5.74, 6) is -5.38. The van der Waals surface area contributed by atoms with Gasteiger partial charge in [-0.1, -0.05) is 10.5 Å². The second kappa shape index (κ2) is 5.70. The van der Waals surface area contributed by atoms with E-state index in [1.165, 1.54) is 0 Å². The van der Waals surface area contributed by atoms with E-state index in [4.69, 9.17) is 0 Å². The first-order chi connectivity index (χ1) is 10.3. The van der Waals surface area contributed by atoms with Gasteiger partial charge in [-0.15, -0.1) is 0 Å². The number of halogens is 4. The Morgan fingerprint density at radius 2 is 1.55 bits per heavy atom. The molecular formula is C13H5F4NO3S. The number of nitrogens with zero attached hydrogens (tertiary/aromatic N) is 1. The third kappa shape index (κ3) is 2.76. The van der Waals surface area contributed by atoms with Crippen molar-refractivity contribution in [3.8, 4) is 11.1 Å². The molecule has 114 valence electrons. The van der Waals surface area contributed by atoms with Gasteiger partial charge in [0.2, 0.25) is 0 Å². The summed E-state index contributed by atoms with van der Waals surface area (Å²) in [5, 5.41) is 0. The van der Waals surface area contributed by atoms with Crippen LogP contribution in [0.4, 0.5) is 17.6 Å². The third-order valence-electron chi connectivity index (χ3n) is 2.70. The van der Waals surface area contributed by atoms with Gasteiger partial charge < -0.3 is 0 Å². The molecule has 0 aromatic heterocycles. The molecule has 2 aromatic carbocycles. The van der Waals surface area contributed by atoms with Crippen molar-refractivity contribution in [2.45, 2.75) is 4.90 Å². The average molecular weight is 331 g/mol. The SMILES string of the molecule is O=C=NS(=O)(=O)c1ccc(F)c(-c2ccc(F)c(F)c2)c1F. The van der Waals surface area contributed by atoms with Gasteiger partial charge in [0.15, 0.2) is 17.5 Å². The number of rotatable bonds is 3. The lowest BCUT2D eigenvalue weighted by Gasteiger charge is -2.08. The van der Waals surface area contributed by atoms with Crippen molar-refractivity contribution in [2.75, 3.05) is 0 Å². The van der Waals surface area contributed by atoms with Gasteiger partial charge in [-0.05, 0) is 29.8 Å². The second-order valence-electron chi connectivity index (χ2n) is 4.02. The van der Waals surface area contributed by atoms with Crippen LogP contribution >= 0.6 is 0 Å². The molecule has 0 fully saturated rings. The Balaban J connectivity index is 2.77. The first kappa shape index (κ1) is 15.9. The minimum atomic E-state index is -4.71. The van der Waals surface area contributed by atoms with Crippen molar-refractivity contribution in [3.63, 3.8) is 0 Å². The Morgan fingerprint density at radius 3 is 2.14 bits per heavy atom. The molecule has 22 heavy (non-hydrogen) atoms. The monoisotopic (exact) mass is 331 g/mol. The quantitative estimate of drug-likeness (QED) is 0.493. The number of isocyanates is 1. The van der Waals surface area contributed by atoms with Crippen LogP contribution in [0.25, 0.3) is 11.1 Å². The van der Waals surface area contributed by atoms with Gasteiger partial charge in [-0.3, -0.25) is 0 Å². The summed E-state index contributed by atoms with van der Waals surface area (Å²) in [5.41, 5.74) is -1.30. The molecular weight excluding hydrogens is 326 g/mol. The van der Waals surface area contributed by atoms with E-state index in [1.807, 2.05) is 0 Å². The Labute approximate surface area is 121 Å². The summed E-state index contributed by atoms with van der Waals surface area (Å²) in [6.07, 6.45) is 0.741. The van der Waals surface area contributed by atoms with Gasteiger partial charge in [0, 0.05) is 0 Å². The lowest BCUT2D eigenvalue weighted by molar-refractivity contribution is 0.508. The van der Waals surface area contributed by atoms with E-state index in [1.54, 1.807) is 0 Å². The number of sulfonamides is 1. The van der Waals surface area contributed by atoms with Gasteiger partial charge in [0.1, 0.15) is 10.7 Å². The van der Waals surface area contributed by atoms with Crippen molar-refractivity contribution < 1.29 is 30.8 Å². The van der Waals surface area contributed by atoms with Crippen molar-refractivity contribution in [2.24, 2.45) is 4.40 Å². The van der Waals surface area contributed by atoms with Crippen molar-refractivity contribution >= 4 is 16.1 Å². The molecule has 0 radical (unpaired) electrons. The average Bonchev–Trinajstić information content (AvgIpc) is 2.42. The van der Waals surface area contributed by atoms with Crippen LogP contribution in [0.15, 0.2) is 39.6 Å². The van der Waals surface area contributed by atoms with Crippen LogP contribution < -0.4 is 0 Å². The number of hydrogen-bond acceptors (Lipinski definition) is 3. The highest BCUT2D eigenvalue weighted by atomic mass is 32.2. The zero-order chi connectivity index (χ0) is 16.5. The van der Waals surface area contributed by atoms with Crippen LogP contribution in [-0.2, 0) is 14.8 Å². The Bertz CT molecular complexity index is 906. The first-order valence-electron chi connectivity index (χ1n) is 5.55. The molecule has 0 aliphatic rings. The summed E-state index contributed by atoms with van der Waals surface area (Å²) < 4.78 is 79.6. The topological polar surface area (TPSA) is 63.6 Å². The predicted molar refractivity (Wildman–Crippen MR) is 67.0 cm³/mol. The van der Waals surface area contributed by atoms with E-state index in [9.17, 15) is 30.8 Å². The first-order valence-corrected chi connectivity index (χ1v) is 6.99. The number of carbonyl (C=O) groups excluding carboxylic acids is 1. The normalized spacial score (nSPS) is 11.1. The van der Waals surface area contributed by atoms with E-state index in [2.05, 4.69) is 4.40 Å². The van der Waals surface area contributed by atoms with Crippen molar-refractivity contribution in [1.29, 1.82) is 0 Å².